The van der Waals surface area contributed by atoms with Gasteiger partial charge >= 0.3 is 12.1 Å². The molecule has 3 nitrogen and oxygen atoms in total. The van der Waals surface area contributed by atoms with Crippen molar-refractivity contribution < 1.29 is 32.2 Å². The van der Waals surface area contributed by atoms with Crippen LogP contribution in [0.3, 0.4) is 0 Å². The van der Waals surface area contributed by atoms with E-state index in [1.54, 1.807) is 0 Å². The molecular weight excluding hydrogens is 316 g/mol. The molecule has 128 valence electrons. The van der Waals surface area contributed by atoms with Gasteiger partial charge in [0, 0.05) is 5.92 Å². The van der Waals surface area contributed by atoms with Gasteiger partial charge in [-0.25, -0.2) is 9.18 Å². The molecule has 2 atom stereocenters. The number of rotatable bonds is 5. The van der Waals surface area contributed by atoms with Crippen LogP contribution in [0.15, 0.2) is 24.8 Å². The van der Waals surface area contributed by atoms with E-state index in [1.807, 2.05) is 0 Å². The van der Waals surface area contributed by atoms with Crippen LogP contribution in [0.4, 0.5) is 17.6 Å². The predicted molar refractivity (Wildman–Crippen MR) is 77.0 cm³/mol. The Labute approximate surface area is 131 Å². The average molecular weight is 334 g/mol. The van der Waals surface area contributed by atoms with Gasteiger partial charge in [-0.15, -0.1) is 0 Å². The van der Waals surface area contributed by atoms with Crippen LogP contribution in [-0.2, 0) is 9.53 Å². The van der Waals surface area contributed by atoms with Crippen molar-refractivity contribution in [3.63, 3.8) is 0 Å². The summed E-state index contributed by atoms with van der Waals surface area (Å²) < 4.78 is 57.5. The van der Waals surface area contributed by atoms with E-state index in [0.717, 1.165) is 19.1 Å². The Hall–Kier alpha value is -1.89. The fraction of sp³-hybridized carbons (Fsp3) is 0.438. The lowest BCUT2D eigenvalue weighted by Crippen LogP contribution is -2.57. The first-order chi connectivity index (χ1) is 10.5. The number of ether oxygens (including phenoxy) is 1. The summed E-state index contributed by atoms with van der Waals surface area (Å²) >= 11 is 0. The van der Waals surface area contributed by atoms with Gasteiger partial charge in [0.15, 0.2) is 0 Å². The summed E-state index contributed by atoms with van der Waals surface area (Å²) in [6.45, 7) is 7.08. The van der Waals surface area contributed by atoms with Crippen molar-refractivity contribution in [1.29, 1.82) is 0 Å². The molecule has 0 heterocycles. The zero-order valence-corrected chi connectivity index (χ0v) is 13.0. The lowest BCUT2D eigenvalue weighted by Gasteiger charge is -2.34. The Kier molecular flexibility index (Phi) is 5.58. The highest BCUT2D eigenvalue weighted by molar-refractivity contribution is 5.85. The molecular formula is C16H18F4O3. The zero-order chi connectivity index (χ0) is 18.0. The van der Waals surface area contributed by atoms with Gasteiger partial charge < -0.3 is 9.84 Å². The van der Waals surface area contributed by atoms with Crippen LogP contribution >= 0.6 is 0 Å². The van der Waals surface area contributed by atoms with Crippen LogP contribution in [0.5, 0.6) is 0 Å². The van der Waals surface area contributed by atoms with Crippen LogP contribution in [0.25, 0.3) is 5.57 Å². The van der Waals surface area contributed by atoms with E-state index < -0.39 is 29.5 Å². The predicted octanol–water partition coefficient (Wildman–Crippen LogP) is 3.64. The second kappa shape index (κ2) is 6.70. The molecule has 0 aliphatic rings. The van der Waals surface area contributed by atoms with Crippen molar-refractivity contribution in [2.75, 3.05) is 6.61 Å². The fourth-order valence-electron chi connectivity index (χ4n) is 2.25. The van der Waals surface area contributed by atoms with Gasteiger partial charge in [0.2, 0.25) is 0 Å². The second-order valence-corrected chi connectivity index (χ2v) is 5.19. The van der Waals surface area contributed by atoms with Gasteiger partial charge in [-0.3, -0.25) is 0 Å². The Morgan fingerprint density at radius 3 is 2.39 bits per heavy atom. The molecule has 1 rings (SSSR count). The van der Waals surface area contributed by atoms with Gasteiger partial charge in [0.1, 0.15) is 5.82 Å². The highest BCUT2D eigenvalue weighted by Gasteiger charge is 2.64. The van der Waals surface area contributed by atoms with Crippen molar-refractivity contribution >= 4 is 11.5 Å². The normalized spacial score (nSPS) is 15.7. The number of halogens is 4. The molecule has 0 saturated carbocycles. The third kappa shape index (κ3) is 3.55. The van der Waals surface area contributed by atoms with E-state index in [4.69, 9.17) is 0 Å². The smallest absolute Gasteiger partial charge is 0.428 e. The van der Waals surface area contributed by atoms with E-state index in [1.165, 1.54) is 19.9 Å². The number of esters is 1. The highest BCUT2D eigenvalue weighted by Crippen LogP contribution is 2.43. The van der Waals surface area contributed by atoms with Crippen molar-refractivity contribution in [1.82, 2.24) is 0 Å². The fourth-order valence-corrected chi connectivity index (χ4v) is 2.25. The number of aliphatic hydroxyl groups is 1. The SMILES string of the molecule is C=C(c1ccc(F)cc1C)C(C)C(O)(C(=O)OCC)C(F)(F)F. The largest absolute Gasteiger partial charge is 0.464 e. The first kappa shape index (κ1) is 19.2. The maximum atomic E-state index is 13.3. The topological polar surface area (TPSA) is 46.5 Å². The maximum Gasteiger partial charge on any atom is 0.428 e. The van der Waals surface area contributed by atoms with Gasteiger partial charge in [-0.1, -0.05) is 19.6 Å². The van der Waals surface area contributed by atoms with Crippen molar-refractivity contribution in [3.05, 3.63) is 41.7 Å². The minimum atomic E-state index is -5.25. The van der Waals surface area contributed by atoms with Crippen molar-refractivity contribution in [2.24, 2.45) is 5.92 Å². The van der Waals surface area contributed by atoms with Gasteiger partial charge in [-0.2, -0.15) is 13.2 Å². The molecule has 0 amide bonds. The number of hydrogen-bond acceptors (Lipinski definition) is 3. The van der Waals surface area contributed by atoms with Crippen molar-refractivity contribution in [2.45, 2.75) is 32.5 Å². The van der Waals surface area contributed by atoms with Gasteiger partial charge in [0.25, 0.3) is 5.60 Å². The van der Waals surface area contributed by atoms with E-state index >= 15 is 0 Å². The number of hydrogen-bond donors (Lipinski definition) is 1. The van der Waals surface area contributed by atoms with Crippen LogP contribution in [0.2, 0.25) is 0 Å². The van der Waals surface area contributed by atoms with Gasteiger partial charge in [0.05, 0.1) is 6.61 Å². The monoisotopic (exact) mass is 334 g/mol. The minimum absolute atomic E-state index is 0.143. The summed E-state index contributed by atoms with van der Waals surface area (Å²) in [4.78, 5) is 11.7. The minimum Gasteiger partial charge on any atom is -0.464 e. The first-order valence-electron chi connectivity index (χ1n) is 6.88. The van der Waals surface area contributed by atoms with E-state index in [2.05, 4.69) is 11.3 Å². The lowest BCUT2D eigenvalue weighted by molar-refractivity contribution is -0.271. The molecule has 7 heteroatoms. The molecule has 0 spiro atoms. The molecule has 2 unspecified atom stereocenters. The molecule has 0 aliphatic carbocycles. The van der Waals surface area contributed by atoms with Gasteiger partial charge in [-0.05, 0) is 42.7 Å². The first-order valence-corrected chi connectivity index (χ1v) is 6.88. The summed E-state index contributed by atoms with van der Waals surface area (Å²) in [5.74, 6) is -4.06. The third-order valence-electron chi connectivity index (χ3n) is 3.70. The maximum absolute atomic E-state index is 13.3. The summed E-state index contributed by atoms with van der Waals surface area (Å²) in [6, 6.07) is 3.45. The van der Waals surface area contributed by atoms with Crippen LogP contribution < -0.4 is 0 Å². The summed E-state index contributed by atoms with van der Waals surface area (Å²) in [5, 5.41) is 10.1. The molecule has 1 aromatic carbocycles. The lowest BCUT2D eigenvalue weighted by atomic mass is 9.79. The Morgan fingerprint density at radius 2 is 1.96 bits per heavy atom. The van der Waals surface area contributed by atoms with E-state index in [-0.39, 0.29) is 17.7 Å². The van der Waals surface area contributed by atoms with Crippen molar-refractivity contribution in [3.8, 4) is 0 Å². The molecule has 1 N–H and O–H groups in total. The standard InChI is InChI=1S/C16H18F4O3/c1-5-23-14(21)15(22,16(18,19)20)11(4)10(3)13-7-6-12(17)8-9(13)2/h6-8,11,22H,3,5H2,1-2,4H3. The average Bonchev–Trinajstić information content (AvgIpc) is 2.43. The van der Waals surface area contributed by atoms with Crippen LogP contribution in [-0.4, -0.2) is 29.5 Å². The molecule has 0 fully saturated rings. The summed E-state index contributed by atoms with van der Waals surface area (Å²) in [6.07, 6.45) is -5.25. The Bertz CT molecular complexity index is 610. The molecule has 1 aromatic rings. The highest BCUT2D eigenvalue weighted by atomic mass is 19.4. The molecule has 0 radical (unpaired) electrons. The Balaban J connectivity index is 3.32. The van der Waals surface area contributed by atoms with E-state index in [0.29, 0.717) is 5.56 Å². The third-order valence-corrected chi connectivity index (χ3v) is 3.70. The van der Waals surface area contributed by atoms with Crippen LogP contribution in [0.1, 0.15) is 25.0 Å². The molecule has 23 heavy (non-hydrogen) atoms. The van der Waals surface area contributed by atoms with E-state index in [9.17, 15) is 27.5 Å². The molecule has 0 aliphatic heterocycles. The summed E-state index contributed by atoms with van der Waals surface area (Å²) in [5.41, 5.74) is -3.31. The number of alkyl halides is 3. The number of carbonyl (C=O) groups excluding carboxylic acids is 1. The number of benzene rings is 1. The molecule has 0 bridgehead atoms. The quantitative estimate of drug-likeness (QED) is 0.661. The summed E-state index contributed by atoms with van der Waals surface area (Å²) in [7, 11) is 0. The Morgan fingerprint density at radius 1 is 1.39 bits per heavy atom. The second-order valence-electron chi connectivity index (χ2n) is 5.19. The number of carbonyl (C=O) groups is 1. The number of aryl methyl sites for hydroxylation is 1. The zero-order valence-electron chi connectivity index (χ0n) is 13.0. The van der Waals surface area contributed by atoms with Crippen LogP contribution in [0, 0.1) is 18.7 Å². The molecule has 0 aromatic heterocycles. The molecule has 0 saturated heterocycles.